The monoisotopic (exact) mass is 416 g/mol. The Bertz CT molecular complexity index is 971. The molecule has 29 heavy (non-hydrogen) atoms. The zero-order chi connectivity index (χ0) is 21.7. The number of aliphatic hydroxyl groups is 1. The number of hydrogen-bond donors (Lipinski definition) is 3. The highest BCUT2D eigenvalue weighted by atomic mass is 35.5. The second-order valence-electron chi connectivity index (χ2n) is 6.32. The highest BCUT2D eigenvalue weighted by molar-refractivity contribution is 6.32. The number of imide groups is 1. The van der Waals surface area contributed by atoms with Crippen molar-refractivity contribution < 1.29 is 19.4 Å². The Hall–Kier alpha value is -3.12. The largest absolute Gasteiger partial charge is 0.497 e. The van der Waals surface area contributed by atoms with Crippen LogP contribution in [0.2, 0.25) is 5.02 Å². The van der Waals surface area contributed by atoms with Crippen molar-refractivity contribution in [3.63, 3.8) is 0 Å². The predicted octanol–water partition coefficient (Wildman–Crippen LogP) is 2.23. The number of halogens is 1. The van der Waals surface area contributed by atoms with Crippen molar-refractivity contribution in [3.8, 4) is 11.8 Å². The summed E-state index contributed by atoms with van der Waals surface area (Å²) in [6.45, 7) is 3.05. The van der Waals surface area contributed by atoms with Crippen LogP contribution >= 0.6 is 11.6 Å². The molecule has 9 heteroatoms. The molecule has 0 fully saturated rings. The Balaban J connectivity index is 2.28. The number of nitrogens with one attached hydrogen (secondary N) is 1. The van der Waals surface area contributed by atoms with Gasteiger partial charge < -0.3 is 15.2 Å². The van der Waals surface area contributed by atoms with E-state index in [0.717, 1.165) is 0 Å². The molecule has 4 N–H and O–H groups in total. The summed E-state index contributed by atoms with van der Waals surface area (Å²) < 4.78 is 5.07. The van der Waals surface area contributed by atoms with Crippen LogP contribution in [0.5, 0.6) is 5.75 Å². The number of hydrogen-bond acceptors (Lipinski definition) is 7. The van der Waals surface area contributed by atoms with Crippen molar-refractivity contribution in [1.82, 2.24) is 5.01 Å². The standard InChI is InChI=1S/C20H21ClN4O4/c1-11-16(8-7-14(10-22)17(11)21)24-18(12(2)26)20(28)25(23)19(27)13-5-4-6-15(9-13)29-3/h4-9,12,18,24,26H,23H2,1-3H3. The van der Waals surface area contributed by atoms with Crippen molar-refractivity contribution in [1.29, 1.82) is 5.26 Å². The van der Waals surface area contributed by atoms with Gasteiger partial charge in [-0.3, -0.25) is 9.59 Å². The highest BCUT2D eigenvalue weighted by Gasteiger charge is 2.31. The van der Waals surface area contributed by atoms with Gasteiger partial charge in [-0.25, -0.2) is 10.9 Å². The van der Waals surface area contributed by atoms with E-state index in [4.69, 9.17) is 27.4 Å². The Morgan fingerprint density at radius 1 is 1.34 bits per heavy atom. The minimum Gasteiger partial charge on any atom is -0.497 e. The normalized spacial score (nSPS) is 12.4. The SMILES string of the molecule is COc1cccc(C(=O)N(N)C(=O)C(Nc2ccc(C#N)c(Cl)c2C)C(C)O)c1. The molecule has 0 spiro atoms. The third-order valence-electron chi connectivity index (χ3n) is 4.34. The minimum absolute atomic E-state index is 0.155. The molecule has 2 unspecified atom stereocenters. The zero-order valence-corrected chi connectivity index (χ0v) is 16.9. The fraction of sp³-hybridized carbons (Fsp3) is 0.250. The third-order valence-corrected chi connectivity index (χ3v) is 4.83. The maximum absolute atomic E-state index is 12.8. The number of amides is 2. The number of benzene rings is 2. The maximum atomic E-state index is 12.8. The van der Waals surface area contributed by atoms with Crippen LogP contribution in [-0.2, 0) is 4.79 Å². The van der Waals surface area contributed by atoms with E-state index in [1.807, 2.05) is 6.07 Å². The van der Waals surface area contributed by atoms with Gasteiger partial charge in [0.2, 0.25) is 0 Å². The molecule has 2 rings (SSSR count). The van der Waals surface area contributed by atoms with E-state index >= 15 is 0 Å². The lowest BCUT2D eigenvalue weighted by atomic mass is 10.1. The molecule has 2 amide bonds. The molecule has 0 saturated carbocycles. The van der Waals surface area contributed by atoms with Crippen LogP contribution in [0.4, 0.5) is 5.69 Å². The van der Waals surface area contributed by atoms with Gasteiger partial charge in [0.25, 0.3) is 11.8 Å². The topological polar surface area (TPSA) is 129 Å². The fourth-order valence-corrected chi connectivity index (χ4v) is 2.84. The number of nitrogens with zero attached hydrogens (tertiary/aromatic N) is 2. The van der Waals surface area contributed by atoms with Gasteiger partial charge in [0.1, 0.15) is 17.9 Å². The number of methoxy groups -OCH3 is 1. The van der Waals surface area contributed by atoms with E-state index < -0.39 is 24.0 Å². The number of carbonyl (C=O) groups excluding carboxylic acids is 2. The van der Waals surface area contributed by atoms with E-state index in [1.54, 1.807) is 25.1 Å². The Kier molecular flexibility index (Phi) is 7.18. The summed E-state index contributed by atoms with van der Waals surface area (Å²) in [5.74, 6) is 4.60. The average Bonchev–Trinajstić information content (AvgIpc) is 2.73. The van der Waals surface area contributed by atoms with E-state index in [2.05, 4.69) is 5.32 Å². The number of hydrazine groups is 1. The minimum atomic E-state index is -1.22. The second kappa shape index (κ2) is 9.39. The first-order valence-electron chi connectivity index (χ1n) is 8.62. The maximum Gasteiger partial charge on any atom is 0.275 e. The Labute approximate surface area is 173 Å². The summed E-state index contributed by atoms with van der Waals surface area (Å²) in [6.07, 6.45) is -1.18. The molecule has 152 valence electrons. The lowest BCUT2D eigenvalue weighted by Gasteiger charge is -2.26. The van der Waals surface area contributed by atoms with Crippen molar-refractivity contribution >= 4 is 29.1 Å². The summed E-state index contributed by atoms with van der Waals surface area (Å²) in [5, 5.41) is 22.7. The first-order chi connectivity index (χ1) is 13.7. The average molecular weight is 417 g/mol. The van der Waals surface area contributed by atoms with Crippen LogP contribution in [-0.4, -0.2) is 41.2 Å². The van der Waals surface area contributed by atoms with Gasteiger partial charge in [-0.1, -0.05) is 17.7 Å². The van der Waals surface area contributed by atoms with E-state index in [1.165, 1.54) is 32.2 Å². The molecule has 2 aromatic carbocycles. The summed E-state index contributed by atoms with van der Waals surface area (Å²) in [6, 6.07) is 9.98. The molecule has 2 aromatic rings. The van der Waals surface area contributed by atoms with Gasteiger partial charge in [0.15, 0.2) is 0 Å². The fourth-order valence-electron chi connectivity index (χ4n) is 2.63. The van der Waals surface area contributed by atoms with Crippen molar-refractivity contribution in [2.45, 2.75) is 26.0 Å². The molecule has 0 saturated heterocycles. The zero-order valence-electron chi connectivity index (χ0n) is 16.1. The number of aliphatic hydroxyl groups excluding tert-OH is 1. The summed E-state index contributed by atoms with van der Waals surface area (Å²) in [4.78, 5) is 25.4. The molecule has 0 aliphatic heterocycles. The smallest absolute Gasteiger partial charge is 0.275 e. The van der Waals surface area contributed by atoms with Gasteiger partial charge in [-0.15, -0.1) is 0 Å². The number of nitrogens with two attached hydrogens (primary N) is 1. The lowest BCUT2D eigenvalue weighted by molar-refractivity contribution is -0.131. The molecule has 0 radical (unpaired) electrons. The van der Waals surface area contributed by atoms with Gasteiger partial charge in [0, 0.05) is 11.3 Å². The number of carbonyl (C=O) groups is 2. The first-order valence-corrected chi connectivity index (χ1v) is 8.99. The van der Waals surface area contributed by atoms with Crippen molar-refractivity contribution in [3.05, 3.63) is 58.1 Å². The van der Waals surface area contributed by atoms with E-state index in [0.29, 0.717) is 22.0 Å². The second-order valence-corrected chi connectivity index (χ2v) is 6.70. The van der Waals surface area contributed by atoms with Crippen LogP contribution in [0, 0.1) is 18.3 Å². The number of rotatable bonds is 6. The Morgan fingerprint density at radius 3 is 2.62 bits per heavy atom. The molecule has 8 nitrogen and oxygen atoms in total. The first kappa shape index (κ1) is 22.2. The molecular formula is C20H21ClN4O4. The number of ether oxygens (including phenoxy) is 1. The van der Waals surface area contributed by atoms with E-state index in [-0.39, 0.29) is 16.1 Å². The third kappa shape index (κ3) is 4.84. The Morgan fingerprint density at radius 2 is 2.03 bits per heavy atom. The van der Waals surface area contributed by atoms with Crippen LogP contribution in [0.3, 0.4) is 0 Å². The molecular weight excluding hydrogens is 396 g/mol. The van der Waals surface area contributed by atoms with Crippen LogP contribution in [0.25, 0.3) is 0 Å². The molecule has 0 bridgehead atoms. The highest BCUT2D eigenvalue weighted by Crippen LogP contribution is 2.28. The van der Waals surface area contributed by atoms with Crippen LogP contribution < -0.4 is 15.9 Å². The van der Waals surface area contributed by atoms with Crippen molar-refractivity contribution in [2.24, 2.45) is 5.84 Å². The molecule has 2 atom stereocenters. The van der Waals surface area contributed by atoms with Crippen LogP contribution in [0.1, 0.15) is 28.4 Å². The van der Waals surface area contributed by atoms with Crippen molar-refractivity contribution in [2.75, 3.05) is 12.4 Å². The molecule has 0 aliphatic carbocycles. The molecule has 0 aromatic heterocycles. The predicted molar refractivity (Wildman–Crippen MR) is 108 cm³/mol. The van der Waals surface area contributed by atoms with E-state index in [9.17, 15) is 14.7 Å². The number of nitriles is 1. The molecule has 0 aliphatic rings. The lowest BCUT2D eigenvalue weighted by Crippen LogP contribution is -2.53. The van der Waals surface area contributed by atoms with Crippen LogP contribution in [0.15, 0.2) is 36.4 Å². The quantitative estimate of drug-likeness (QED) is 0.374. The molecule has 0 heterocycles. The summed E-state index contributed by atoms with van der Waals surface area (Å²) in [5.41, 5.74) is 1.38. The van der Waals surface area contributed by atoms with Gasteiger partial charge >= 0.3 is 0 Å². The number of anilines is 1. The summed E-state index contributed by atoms with van der Waals surface area (Å²) in [7, 11) is 1.45. The van der Waals surface area contributed by atoms with Gasteiger partial charge in [-0.05, 0) is 49.7 Å². The summed E-state index contributed by atoms with van der Waals surface area (Å²) >= 11 is 6.15. The van der Waals surface area contributed by atoms with Gasteiger partial charge in [0.05, 0.1) is 23.8 Å². The van der Waals surface area contributed by atoms with Gasteiger partial charge in [-0.2, -0.15) is 5.26 Å².